The van der Waals surface area contributed by atoms with Gasteiger partial charge >= 0.3 is 0 Å². The van der Waals surface area contributed by atoms with Crippen molar-refractivity contribution in [1.82, 2.24) is 11.0 Å². The van der Waals surface area contributed by atoms with Crippen LogP contribution in [0, 0.1) is 0 Å². The summed E-state index contributed by atoms with van der Waals surface area (Å²) in [6.07, 6.45) is 2.90. The Morgan fingerprint density at radius 2 is 1.22 bits per heavy atom. The molecule has 0 spiro atoms. The molecule has 4 heteroatoms. The fourth-order valence-electron chi connectivity index (χ4n) is 0.585. The molecular formula is C5H14N2O2. The Morgan fingerprint density at radius 3 is 1.56 bits per heavy atom. The molecule has 0 radical (unpaired) electrons. The normalized spacial score (nSPS) is 10.0. The molecule has 4 nitrogen and oxygen atoms in total. The van der Waals surface area contributed by atoms with Gasteiger partial charge in [0.1, 0.15) is 0 Å². The molecule has 0 aromatic carbocycles. The summed E-state index contributed by atoms with van der Waals surface area (Å²) in [6.45, 7) is 1.26. The molecule has 0 aromatic heterocycles. The first-order valence-corrected chi connectivity index (χ1v) is 3.15. The van der Waals surface area contributed by atoms with E-state index in [1.165, 1.54) is 0 Å². The van der Waals surface area contributed by atoms with Gasteiger partial charge < -0.3 is 10.4 Å². The predicted octanol–water partition coefficient (Wildman–Crippen LogP) is 0.114. The van der Waals surface area contributed by atoms with Crippen LogP contribution in [0.15, 0.2) is 0 Å². The molecule has 0 unspecified atom stereocenters. The van der Waals surface area contributed by atoms with Gasteiger partial charge in [0.25, 0.3) is 0 Å². The Bertz CT molecular complexity index is 46.2. The summed E-state index contributed by atoms with van der Waals surface area (Å²) < 4.78 is 0. The van der Waals surface area contributed by atoms with Gasteiger partial charge in [-0.05, 0) is 12.8 Å². The summed E-state index contributed by atoms with van der Waals surface area (Å²) in [5.41, 5.74) is 4.12. The number of hydrogen-bond acceptors (Lipinski definition) is 4. The number of hydrogen-bond donors (Lipinski definition) is 4. The van der Waals surface area contributed by atoms with Gasteiger partial charge in [-0.3, -0.25) is 0 Å². The van der Waals surface area contributed by atoms with Crippen LogP contribution in [-0.2, 0) is 0 Å². The lowest BCUT2D eigenvalue weighted by molar-refractivity contribution is 0.157. The maximum atomic E-state index is 8.11. The lowest BCUT2D eigenvalue weighted by Crippen LogP contribution is -2.11. The monoisotopic (exact) mass is 134 g/mol. The second-order valence-corrected chi connectivity index (χ2v) is 1.88. The van der Waals surface area contributed by atoms with Crippen LogP contribution < -0.4 is 11.0 Å². The fraction of sp³-hybridized carbons (Fsp3) is 1.00. The Kier molecular flexibility index (Phi) is 7.70. The van der Waals surface area contributed by atoms with E-state index in [1.807, 2.05) is 0 Å². The lowest BCUT2D eigenvalue weighted by atomic mass is 10.2. The minimum absolute atomic E-state index is 0.630. The average Bonchev–Trinajstić information content (AvgIpc) is 1.89. The second-order valence-electron chi connectivity index (χ2n) is 1.88. The van der Waals surface area contributed by atoms with E-state index in [2.05, 4.69) is 11.0 Å². The van der Waals surface area contributed by atoms with E-state index in [4.69, 9.17) is 10.4 Å². The lowest BCUT2D eigenvalue weighted by Gasteiger charge is -1.97. The molecule has 0 atom stereocenters. The van der Waals surface area contributed by atoms with Crippen molar-refractivity contribution in [3.05, 3.63) is 0 Å². The van der Waals surface area contributed by atoms with Crippen LogP contribution in [0.25, 0.3) is 0 Å². The van der Waals surface area contributed by atoms with E-state index in [-0.39, 0.29) is 0 Å². The molecule has 0 aliphatic carbocycles. The van der Waals surface area contributed by atoms with Gasteiger partial charge in [-0.25, -0.2) is 11.0 Å². The minimum atomic E-state index is 0.630. The quantitative estimate of drug-likeness (QED) is 0.307. The van der Waals surface area contributed by atoms with Gasteiger partial charge in [-0.15, -0.1) is 0 Å². The third-order valence-corrected chi connectivity index (χ3v) is 1.08. The van der Waals surface area contributed by atoms with Gasteiger partial charge in [0.15, 0.2) is 0 Å². The Morgan fingerprint density at radius 1 is 0.778 bits per heavy atom. The van der Waals surface area contributed by atoms with Crippen molar-refractivity contribution >= 4 is 0 Å². The van der Waals surface area contributed by atoms with Gasteiger partial charge in [-0.2, -0.15) is 0 Å². The number of hydroxylamine groups is 2. The first kappa shape index (κ1) is 8.84. The maximum absolute atomic E-state index is 8.11. The van der Waals surface area contributed by atoms with Crippen molar-refractivity contribution in [3.8, 4) is 0 Å². The molecule has 0 aliphatic rings. The molecule has 0 bridgehead atoms. The zero-order valence-corrected chi connectivity index (χ0v) is 5.43. The summed E-state index contributed by atoms with van der Waals surface area (Å²) in [5.74, 6) is 0. The predicted molar refractivity (Wildman–Crippen MR) is 33.4 cm³/mol. The van der Waals surface area contributed by atoms with Crippen molar-refractivity contribution in [2.24, 2.45) is 0 Å². The van der Waals surface area contributed by atoms with E-state index < -0.39 is 0 Å². The smallest absolute Gasteiger partial charge is 0.0207 e. The van der Waals surface area contributed by atoms with E-state index in [9.17, 15) is 0 Å². The SMILES string of the molecule is ONCCCCCNO. The fourth-order valence-corrected chi connectivity index (χ4v) is 0.585. The molecule has 0 heterocycles. The molecule has 0 fully saturated rings. The highest BCUT2D eigenvalue weighted by Crippen LogP contribution is 1.90. The summed E-state index contributed by atoms with van der Waals surface area (Å²) in [5, 5.41) is 16.2. The van der Waals surface area contributed by atoms with Gasteiger partial charge in [-0.1, -0.05) is 6.42 Å². The van der Waals surface area contributed by atoms with E-state index in [1.54, 1.807) is 0 Å². The highest BCUT2D eigenvalue weighted by atomic mass is 16.5. The Labute approximate surface area is 54.8 Å². The van der Waals surface area contributed by atoms with Crippen molar-refractivity contribution in [2.75, 3.05) is 13.1 Å². The molecule has 4 N–H and O–H groups in total. The Balaban J connectivity index is 2.60. The largest absolute Gasteiger partial charge is 0.317 e. The van der Waals surface area contributed by atoms with Crippen LogP contribution in [0.4, 0.5) is 0 Å². The third-order valence-electron chi connectivity index (χ3n) is 1.08. The Hall–Kier alpha value is -0.160. The maximum Gasteiger partial charge on any atom is 0.0207 e. The van der Waals surface area contributed by atoms with Crippen molar-refractivity contribution in [1.29, 1.82) is 0 Å². The molecule has 0 saturated heterocycles. The van der Waals surface area contributed by atoms with Gasteiger partial charge in [0, 0.05) is 13.1 Å². The molecule has 0 saturated carbocycles. The van der Waals surface area contributed by atoms with Crippen LogP contribution in [0.3, 0.4) is 0 Å². The van der Waals surface area contributed by atoms with Crippen LogP contribution >= 0.6 is 0 Å². The highest BCUT2D eigenvalue weighted by molar-refractivity contribution is 4.42. The minimum Gasteiger partial charge on any atom is -0.317 e. The van der Waals surface area contributed by atoms with Crippen molar-refractivity contribution in [3.63, 3.8) is 0 Å². The topological polar surface area (TPSA) is 64.5 Å². The zero-order valence-electron chi connectivity index (χ0n) is 5.43. The standard InChI is InChI=1S/C5H14N2O2/c8-6-4-2-1-3-5-7-9/h6-9H,1-5H2. The highest BCUT2D eigenvalue weighted by Gasteiger charge is 1.85. The van der Waals surface area contributed by atoms with E-state index >= 15 is 0 Å². The van der Waals surface area contributed by atoms with Crippen LogP contribution in [0.1, 0.15) is 19.3 Å². The van der Waals surface area contributed by atoms with E-state index in [0.29, 0.717) is 13.1 Å². The number of rotatable bonds is 6. The summed E-state index contributed by atoms with van der Waals surface area (Å²) >= 11 is 0. The summed E-state index contributed by atoms with van der Waals surface area (Å²) in [4.78, 5) is 0. The first-order valence-electron chi connectivity index (χ1n) is 3.15. The number of nitrogens with one attached hydrogen (secondary N) is 2. The molecule has 0 aromatic rings. The number of unbranched alkanes of at least 4 members (excludes halogenated alkanes) is 2. The van der Waals surface area contributed by atoms with Gasteiger partial charge in [0.2, 0.25) is 0 Å². The average molecular weight is 134 g/mol. The molecule has 0 amide bonds. The van der Waals surface area contributed by atoms with Crippen LogP contribution in [0.5, 0.6) is 0 Å². The van der Waals surface area contributed by atoms with E-state index in [0.717, 1.165) is 19.3 Å². The third kappa shape index (κ3) is 7.84. The molecule has 9 heavy (non-hydrogen) atoms. The molecule has 56 valence electrons. The van der Waals surface area contributed by atoms with Crippen molar-refractivity contribution < 1.29 is 10.4 Å². The zero-order chi connectivity index (χ0) is 6.95. The molecular weight excluding hydrogens is 120 g/mol. The van der Waals surface area contributed by atoms with Gasteiger partial charge in [0.05, 0.1) is 0 Å². The summed E-state index contributed by atoms with van der Waals surface area (Å²) in [6, 6.07) is 0. The van der Waals surface area contributed by atoms with Crippen LogP contribution in [-0.4, -0.2) is 23.5 Å². The first-order chi connectivity index (χ1) is 4.41. The summed E-state index contributed by atoms with van der Waals surface area (Å²) in [7, 11) is 0. The molecule has 0 rings (SSSR count). The second kappa shape index (κ2) is 7.84. The van der Waals surface area contributed by atoms with Crippen molar-refractivity contribution in [2.45, 2.75) is 19.3 Å². The van der Waals surface area contributed by atoms with Crippen LogP contribution in [0.2, 0.25) is 0 Å². The molecule has 0 aliphatic heterocycles.